The first-order chi connectivity index (χ1) is 19.0. The van der Waals surface area contributed by atoms with Crippen LogP contribution in [0, 0.1) is 0 Å². The Morgan fingerprint density at radius 1 is 1.08 bits per heavy atom. The van der Waals surface area contributed by atoms with Crippen LogP contribution in [0.3, 0.4) is 0 Å². The number of nitrogens with one attached hydrogen (secondary N) is 1. The maximum atomic E-state index is 12.8. The number of likely N-dealkylation sites (N-methyl/N-ethyl adjacent to an activating group) is 1. The van der Waals surface area contributed by atoms with Crippen molar-refractivity contribution in [3.63, 3.8) is 0 Å². The molecule has 206 valence electrons. The van der Waals surface area contributed by atoms with Gasteiger partial charge in [0.25, 0.3) is 11.8 Å². The van der Waals surface area contributed by atoms with Crippen molar-refractivity contribution in [1.29, 1.82) is 0 Å². The van der Waals surface area contributed by atoms with E-state index in [1.807, 2.05) is 12.1 Å². The SMILES string of the molecule is CN(C)C(=O)COc1ccc(C(=O)NC2CCC(Oc3nc(N4CCOCC4)cc4ccccc34)CC2)cn1. The Morgan fingerprint density at radius 3 is 2.56 bits per heavy atom. The molecule has 2 amide bonds. The van der Waals surface area contributed by atoms with Crippen LogP contribution in [-0.4, -0.2) is 85.8 Å². The van der Waals surface area contributed by atoms with E-state index in [0.717, 1.165) is 55.4 Å². The molecule has 10 nitrogen and oxygen atoms in total. The average Bonchev–Trinajstić information content (AvgIpc) is 2.97. The number of aromatic nitrogens is 2. The van der Waals surface area contributed by atoms with E-state index in [1.54, 1.807) is 26.2 Å². The predicted molar refractivity (Wildman–Crippen MR) is 147 cm³/mol. The number of fused-ring (bicyclic) bond motifs is 1. The van der Waals surface area contributed by atoms with Crippen molar-refractivity contribution in [2.24, 2.45) is 0 Å². The van der Waals surface area contributed by atoms with Crippen LogP contribution in [0.2, 0.25) is 0 Å². The highest BCUT2D eigenvalue weighted by Gasteiger charge is 2.26. The summed E-state index contributed by atoms with van der Waals surface area (Å²) in [5.41, 5.74) is 0.454. The highest BCUT2D eigenvalue weighted by atomic mass is 16.5. The number of pyridine rings is 2. The second-order valence-electron chi connectivity index (χ2n) is 10.1. The van der Waals surface area contributed by atoms with E-state index >= 15 is 0 Å². The molecule has 39 heavy (non-hydrogen) atoms. The van der Waals surface area contributed by atoms with Crippen molar-refractivity contribution in [3.05, 3.63) is 54.2 Å². The van der Waals surface area contributed by atoms with Gasteiger partial charge in [0.2, 0.25) is 11.8 Å². The molecule has 2 aliphatic rings. The van der Waals surface area contributed by atoms with Crippen LogP contribution in [0.25, 0.3) is 10.8 Å². The van der Waals surface area contributed by atoms with Crippen LogP contribution in [-0.2, 0) is 9.53 Å². The van der Waals surface area contributed by atoms with Crippen molar-refractivity contribution < 1.29 is 23.8 Å². The quantitative estimate of drug-likeness (QED) is 0.471. The molecule has 3 heterocycles. The highest BCUT2D eigenvalue weighted by molar-refractivity contribution is 5.94. The van der Waals surface area contributed by atoms with E-state index in [9.17, 15) is 9.59 Å². The Labute approximate surface area is 228 Å². The van der Waals surface area contributed by atoms with Crippen LogP contribution in [0.4, 0.5) is 5.82 Å². The number of amides is 2. The summed E-state index contributed by atoms with van der Waals surface area (Å²) in [6.45, 7) is 2.94. The molecule has 5 rings (SSSR count). The molecule has 10 heteroatoms. The van der Waals surface area contributed by atoms with Crippen LogP contribution >= 0.6 is 0 Å². The maximum Gasteiger partial charge on any atom is 0.260 e. The number of anilines is 1. The number of morpholine rings is 1. The smallest absolute Gasteiger partial charge is 0.260 e. The Kier molecular flexibility index (Phi) is 8.41. The van der Waals surface area contributed by atoms with E-state index in [2.05, 4.69) is 33.4 Å². The zero-order chi connectivity index (χ0) is 27.2. The minimum Gasteiger partial charge on any atom is -0.474 e. The molecule has 2 aromatic heterocycles. The standard InChI is InChI=1S/C29H35N5O5/c1-33(2)27(35)19-38-26-12-7-21(18-30-26)28(36)31-22-8-10-23(11-9-22)39-29-24-6-4-3-5-20(24)17-25(32-29)34-13-15-37-16-14-34/h3-7,12,17-18,22-23H,8-11,13-16,19H2,1-2H3,(H,31,36). The van der Waals surface area contributed by atoms with Gasteiger partial charge in [-0.15, -0.1) is 0 Å². The zero-order valence-corrected chi connectivity index (χ0v) is 22.5. The normalized spacial score (nSPS) is 19.4. The van der Waals surface area contributed by atoms with Gasteiger partial charge >= 0.3 is 0 Å². The van der Waals surface area contributed by atoms with Crippen LogP contribution in [0.15, 0.2) is 48.7 Å². The molecule has 1 aliphatic heterocycles. The summed E-state index contributed by atoms with van der Waals surface area (Å²) < 4.78 is 17.4. The Balaban J connectivity index is 1.15. The summed E-state index contributed by atoms with van der Waals surface area (Å²) in [5, 5.41) is 5.24. The number of carbonyl (C=O) groups excluding carboxylic acids is 2. The fourth-order valence-electron chi connectivity index (χ4n) is 4.81. The number of carbonyl (C=O) groups is 2. The lowest BCUT2D eigenvalue weighted by atomic mass is 9.92. The number of rotatable bonds is 8. The largest absolute Gasteiger partial charge is 0.474 e. The average molecular weight is 534 g/mol. The van der Waals surface area contributed by atoms with Gasteiger partial charge in [-0.3, -0.25) is 9.59 Å². The third kappa shape index (κ3) is 6.75. The summed E-state index contributed by atoms with van der Waals surface area (Å²) in [6.07, 6.45) is 4.80. The summed E-state index contributed by atoms with van der Waals surface area (Å²) in [5.74, 6) is 1.56. The molecule has 0 unspecified atom stereocenters. The van der Waals surface area contributed by atoms with E-state index in [-0.39, 0.29) is 30.6 Å². The molecule has 1 saturated heterocycles. The van der Waals surface area contributed by atoms with Gasteiger partial charge in [0.1, 0.15) is 11.9 Å². The minimum atomic E-state index is -0.173. The fourth-order valence-corrected chi connectivity index (χ4v) is 4.81. The summed E-state index contributed by atoms with van der Waals surface area (Å²) in [7, 11) is 3.32. The van der Waals surface area contributed by atoms with Crippen molar-refractivity contribution in [3.8, 4) is 11.8 Å². The van der Waals surface area contributed by atoms with Crippen LogP contribution in [0.1, 0.15) is 36.0 Å². The summed E-state index contributed by atoms with van der Waals surface area (Å²) >= 11 is 0. The molecular formula is C29H35N5O5. The summed E-state index contributed by atoms with van der Waals surface area (Å²) in [4.78, 5) is 37.2. The van der Waals surface area contributed by atoms with Crippen molar-refractivity contribution in [1.82, 2.24) is 20.2 Å². The van der Waals surface area contributed by atoms with E-state index in [0.29, 0.717) is 30.5 Å². The topological polar surface area (TPSA) is 106 Å². The predicted octanol–water partition coefficient (Wildman–Crippen LogP) is 3.05. The number of ether oxygens (including phenoxy) is 3. The number of nitrogens with zero attached hydrogens (tertiary/aromatic N) is 4. The molecule has 0 bridgehead atoms. The fraction of sp³-hybridized carbons (Fsp3) is 0.448. The second-order valence-corrected chi connectivity index (χ2v) is 10.1. The van der Waals surface area contributed by atoms with Gasteiger partial charge in [-0.1, -0.05) is 18.2 Å². The molecular weight excluding hydrogens is 498 g/mol. The molecule has 3 aromatic rings. The Morgan fingerprint density at radius 2 is 1.85 bits per heavy atom. The molecule has 1 aromatic carbocycles. The third-order valence-electron chi connectivity index (χ3n) is 7.16. The maximum absolute atomic E-state index is 12.8. The van der Waals surface area contributed by atoms with Gasteiger partial charge in [-0.2, -0.15) is 4.98 Å². The first-order valence-electron chi connectivity index (χ1n) is 13.5. The Bertz CT molecular complexity index is 1280. The zero-order valence-electron chi connectivity index (χ0n) is 22.5. The lowest BCUT2D eigenvalue weighted by Crippen LogP contribution is -2.40. The van der Waals surface area contributed by atoms with Gasteiger partial charge < -0.3 is 29.3 Å². The number of hydrogen-bond donors (Lipinski definition) is 1. The molecule has 0 atom stereocenters. The molecule has 1 saturated carbocycles. The van der Waals surface area contributed by atoms with Gasteiger partial charge in [-0.05, 0) is 49.3 Å². The minimum absolute atomic E-state index is 0.0389. The second kappa shape index (κ2) is 12.3. The lowest BCUT2D eigenvalue weighted by molar-refractivity contribution is -0.130. The first kappa shape index (κ1) is 26.7. The molecule has 1 aliphatic carbocycles. The van der Waals surface area contributed by atoms with Gasteiger partial charge in [0, 0.05) is 50.9 Å². The summed E-state index contributed by atoms with van der Waals surface area (Å²) in [6, 6.07) is 13.6. The van der Waals surface area contributed by atoms with Crippen molar-refractivity contribution >= 4 is 28.4 Å². The monoisotopic (exact) mass is 533 g/mol. The highest BCUT2D eigenvalue weighted by Crippen LogP contribution is 2.31. The molecule has 2 fully saturated rings. The van der Waals surface area contributed by atoms with Crippen molar-refractivity contribution in [2.75, 3.05) is 51.9 Å². The third-order valence-corrected chi connectivity index (χ3v) is 7.16. The first-order valence-corrected chi connectivity index (χ1v) is 13.5. The van der Waals surface area contributed by atoms with Gasteiger partial charge in [0.15, 0.2) is 6.61 Å². The van der Waals surface area contributed by atoms with Crippen LogP contribution < -0.4 is 19.7 Å². The van der Waals surface area contributed by atoms with Gasteiger partial charge in [0.05, 0.1) is 18.8 Å². The van der Waals surface area contributed by atoms with Crippen molar-refractivity contribution in [2.45, 2.75) is 37.8 Å². The van der Waals surface area contributed by atoms with Crippen LogP contribution in [0.5, 0.6) is 11.8 Å². The van der Waals surface area contributed by atoms with Gasteiger partial charge in [-0.25, -0.2) is 4.98 Å². The van der Waals surface area contributed by atoms with E-state index in [4.69, 9.17) is 19.2 Å². The lowest BCUT2D eigenvalue weighted by Gasteiger charge is -2.31. The van der Waals surface area contributed by atoms with E-state index in [1.165, 1.54) is 11.1 Å². The molecule has 0 spiro atoms. The van der Waals surface area contributed by atoms with E-state index < -0.39 is 0 Å². The number of benzene rings is 1. The molecule has 0 radical (unpaired) electrons. The Hall–Kier alpha value is -3.92. The number of hydrogen-bond acceptors (Lipinski definition) is 8. The molecule has 1 N–H and O–H groups in total.